The fourth-order valence-corrected chi connectivity index (χ4v) is 3.88. The summed E-state index contributed by atoms with van der Waals surface area (Å²) in [6.45, 7) is 6.10. The van der Waals surface area contributed by atoms with Gasteiger partial charge in [0.25, 0.3) is 5.91 Å². The van der Waals surface area contributed by atoms with Crippen LogP contribution in [0, 0.1) is 6.92 Å². The lowest BCUT2D eigenvalue weighted by molar-refractivity contribution is 0.0547. The topological polar surface area (TPSA) is 93.3 Å². The van der Waals surface area contributed by atoms with Gasteiger partial charge in [-0.3, -0.25) is 14.3 Å². The minimum absolute atomic E-state index is 0.0766. The second kappa shape index (κ2) is 7.20. The molecule has 0 saturated carbocycles. The van der Waals surface area contributed by atoms with Gasteiger partial charge in [-0.1, -0.05) is 30.3 Å². The number of amides is 1. The zero-order chi connectivity index (χ0) is 20.7. The maximum absolute atomic E-state index is 13.0. The largest absolute Gasteiger partial charge is 0.502 e. The molecule has 0 bridgehead atoms. The van der Waals surface area contributed by atoms with E-state index >= 15 is 0 Å². The number of hydrogen-bond acceptors (Lipinski definition) is 5. The number of carbonyl (C=O) groups excluding carboxylic acids is 1. The maximum Gasteiger partial charge on any atom is 0.276 e. The first-order chi connectivity index (χ1) is 13.9. The third-order valence-electron chi connectivity index (χ3n) is 5.30. The van der Waals surface area contributed by atoms with Gasteiger partial charge in [0.15, 0.2) is 11.4 Å². The summed E-state index contributed by atoms with van der Waals surface area (Å²) in [6.07, 6.45) is 2.95. The summed E-state index contributed by atoms with van der Waals surface area (Å²) in [5.41, 5.74) is 1.12. The van der Waals surface area contributed by atoms with Crippen molar-refractivity contribution in [2.75, 3.05) is 6.54 Å². The molecule has 3 heterocycles. The summed E-state index contributed by atoms with van der Waals surface area (Å²) in [5.74, 6) is -0.966. The molecule has 0 spiro atoms. The van der Waals surface area contributed by atoms with Crippen molar-refractivity contribution < 1.29 is 9.90 Å². The first-order valence-corrected chi connectivity index (χ1v) is 9.57. The van der Waals surface area contributed by atoms with E-state index in [4.69, 9.17) is 0 Å². The summed E-state index contributed by atoms with van der Waals surface area (Å²) in [4.78, 5) is 26.7. The number of aromatic hydroxyl groups is 1. The van der Waals surface area contributed by atoms with Gasteiger partial charge in [0.1, 0.15) is 6.04 Å². The standard InChI is InChI=1S/C21H23N5O3/c1-13(2)24-12-16(26-19(21(24)29)20(28)17(27)11-22-26)18(15-7-5-4-6-8-15)25-10-9-14(3)23-25/h4-11,13,16,18,28H,12H2,1-3H3. The number of nitrogens with zero attached hydrogens (tertiary/aromatic N) is 5. The Balaban J connectivity index is 1.95. The summed E-state index contributed by atoms with van der Waals surface area (Å²) in [6, 6.07) is 11.0. The molecule has 0 radical (unpaired) electrons. The predicted molar refractivity (Wildman–Crippen MR) is 107 cm³/mol. The SMILES string of the molecule is Cc1ccn(C(c2ccccc2)C2CN(C(C)C)C(=O)c3c(O)c(=O)cnn32)n1. The quantitative estimate of drug-likeness (QED) is 0.733. The van der Waals surface area contributed by atoms with Gasteiger partial charge >= 0.3 is 0 Å². The van der Waals surface area contributed by atoms with E-state index in [1.54, 1.807) is 4.90 Å². The smallest absolute Gasteiger partial charge is 0.276 e. The Morgan fingerprint density at radius 2 is 1.86 bits per heavy atom. The molecule has 2 unspecified atom stereocenters. The first kappa shape index (κ1) is 18.9. The molecule has 1 aliphatic heterocycles. The van der Waals surface area contributed by atoms with E-state index in [0.717, 1.165) is 17.5 Å². The molecule has 1 N–H and O–H groups in total. The molecule has 0 saturated heterocycles. The number of fused-ring (bicyclic) bond motifs is 1. The lowest BCUT2D eigenvalue weighted by Gasteiger charge is -2.40. The Kier molecular flexibility index (Phi) is 4.70. The van der Waals surface area contributed by atoms with Crippen LogP contribution in [0.15, 0.2) is 53.6 Å². The Morgan fingerprint density at radius 1 is 1.14 bits per heavy atom. The van der Waals surface area contributed by atoms with Crippen LogP contribution in [0.1, 0.15) is 47.7 Å². The Hall–Kier alpha value is -3.42. The monoisotopic (exact) mass is 393 g/mol. The van der Waals surface area contributed by atoms with E-state index in [0.29, 0.717) is 6.54 Å². The average molecular weight is 393 g/mol. The lowest BCUT2D eigenvalue weighted by Crippen LogP contribution is -2.50. The first-order valence-electron chi connectivity index (χ1n) is 9.57. The van der Waals surface area contributed by atoms with Crippen LogP contribution in [-0.2, 0) is 0 Å². The van der Waals surface area contributed by atoms with Crippen molar-refractivity contribution in [1.29, 1.82) is 0 Å². The van der Waals surface area contributed by atoms with Crippen molar-refractivity contribution in [1.82, 2.24) is 24.5 Å². The number of aryl methyl sites for hydroxylation is 1. The highest BCUT2D eigenvalue weighted by Crippen LogP contribution is 2.36. The molecule has 2 atom stereocenters. The molecular weight excluding hydrogens is 370 g/mol. The van der Waals surface area contributed by atoms with Crippen LogP contribution in [0.4, 0.5) is 0 Å². The maximum atomic E-state index is 13.0. The molecule has 1 aliphatic rings. The number of aromatic nitrogens is 4. The van der Waals surface area contributed by atoms with Gasteiger partial charge in [-0.05, 0) is 32.4 Å². The summed E-state index contributed by atoms with van der Waals surface area (Å²) in [5, 5.41) is 19.3. The zero-order valence-electron chi connectivity index (χ0n) is 16.6. The normalized spacial score (nSPS) is 17.4. The highest BCUT2D eigenvalue weighted by Gasteiger charge is 2.40. The van der Waals surface area contributed by atoms with Crippen LogP contribution in [0.25, 0.3) is 0 Å². The Labute approximate surface area is 168 Å². The molecule has 8 nitrogen and oxygen atoms in total. The molecule has 3 aromatic rings. The van der Waals surface area contributed by atoms with Gasteiger partial charge in [0.2, 0.25) is 5.43 Å². The highest BCUT2D eigenvalue weighted by atomic mass is 16.3. The van der Waals surface area contributed by atoms with Crippen molar-refractivity contribution >= 4 is 5.91 Å². The number of carbonyl (C=O) groups is 1. The summed E-state index contributed by atoms with van der Waals surface area (Å²) >= 11 is 0. The van der Waals surface area contributed by atoms with Crippen LogP contribution in [-0.4, -0.2) is 48.1 Å². The second-order valence-electron chi connectivity index (χ2n) is 7.56. The Bertz CT molecular complexity index is 1100. The van der Waals surface area contributed by atoms with E-state index in [2.05, 4.69) is 10.2 Å². The van der Waals surface area contributed by atoms with Crippen LogP contribution >= 0.6 is 0 Å². The minimum atomic E-state index is -0.667. The van der Waals surface area contributed by atoms with Crippen molar-refractivity contribution in [2.45, 2.75) is 38.9 Å². The third-order valence-corrected chi connectivity index (χ3v) is 5.30. The molecule has 0 aliphatic carbocycles. The van der Waals surface area contributed by atoms with Crippen molar-refractivity contribution in [3.05, 3.63) is 76.0 Å². The molecule has 150 valence electrons. The van der Waals surface area contributed by atoms with Gasteiger partial charge in [-0.2, -0.15) is 10.2 Å². The molecule has 4 rings (SSSR count). The molecule has 8 heteroatoms. The van der Waals surface area contributed by atoms with E-state index in [1.807, 2.05) is 68.0 Å². The van der Waals surface area contributed by atoms with Crippen LogP contribution in [0.5, 0.6) is 5.75 Å². The minimum Gasteiger partial charge on any atom is -0.502 e. The third kappa shape index (κ3) is 3.20. The molecule has 1 aromatic carbocycles. The zero-order valence-corrected chi connectivity index (χ0v) is 16.6. The van der Waals surface area contributed by atoms with Gasteiger partial charge in [0, 0.05) is 18.8 Å². The number of hydrogen-bond donors (Lipinski definition) is 1. The van der Waals surface area contributed by atoms with Crippen molar-refractivity contribution in [3.8, 4) is 5.75 Å². The summed E-state index contributed by atoms with van der Waals surface area (Å²) in [7, 11) is 0. The van der Waals surface area contributed by atoms with E-state index in [-0.39, 0.29) is 23.8 Å². The van der Waals surface area contributed by atoms with E-state index in [1.165, 1.54) is 4.68 Å². The average Bonchev–Trinajstić information content (AvgIpc) is 3.12. The van der Waals surface area contributed by atoms with Crippen LogP contribution < -0.4 is 5.43 Å². The predicted octanol–water partition coefficient (Wildman–Crippen LogP) is 2.15. The van der Waals surface area contributed by atoms with Gasteiger partial charge in [0.05, 0.1) is 17.9 Å². The van der Waals surface area contributed by atoms with Gasteiger partial charge in [-0.15, -0.1) is 0 Å². The number of benzene rings is 1. The molecule has 0 fully saturated rings. The molecular formula is C21H23N5O3. The fraction of sp³-hybridized carbons (Fsp3) is 0.333. The van der Waals surface area contributed by atoms with Crippen molar-refractivity contribution in [3.63, 3.8) is 0 Å². The number of rotatable bonds is 4. The fourth-order valence-electron chi connectivity index (χ4n) is 3.88. The molecule has 1 amide bonds. The van der Waals surface area contributed by atoms with Crippen molar-refractivity contribution in [2.24, 2.45) is 0 Å². The molecule has 29 heavy (non-hydrogen) atoms. The van der Waals surface area contributed by atoms with Gasteiger partial charge in [-0.25, -0.2) is 4.68 Å². The van der Waals surface area contributed by atoms with Gasteiger partial charge < -0.3 is 10.0 Å². The lowest BCUT2D eigenvalue weighted by atomic mass is 9.96. The van der Waals surface area contributed by atoms with Crippen LogP contribution in [0.3, 0.4) is 0 Å². The second-order valence-corrected chi connectivity index (χ2v) is 7.56. The summed E-state index contributed by atoms with van der Waals surface area (Å²) < 4.78 is 3.33. The Morgan fingerprint density at radius 3 is 2.48 bits per heavy atom. The van der Waals surface area contributed by atoms with E-state index < -0.39 is 17.1 Å². The molecule has 2 aromatic heterocycles. The highest BCUT2D eigenvalue weighted by molar-refractivity contribution is 5.95. The van der Waals surface area contributed by atoms with Crippen LogP contribution in [0.2, 0.25) is 0 Å². The van der Waals surface area contributed by atoms with E-state index in [9.17, 15) is 14.7 Å².